The number of fused-ring (bicyclic) bond motifs is 3. The first-order valence-corrected chi connectivity index (χ1v) is 12.6. The van der Waals surface area contributed by atoms with E-state index in [-0.39, 0.29) is 0 Å². The first kappa shape index (κ1) is 23.0. The summed E-state index contributed by atoms with van der Waals surface area (Å²) in [5.41, 5.74) is 11.2. The first-order valence-electron chi connectivity index (χ1n) is 12.6. The molecule has 0 saturated carbocycles. The average molecular weight is 489 g/mol. The first-order chi connectivity index (χ1) is 17.5. The molecule has 2 aromatic carbocycles. The van der Waals surface area contributed by atoms with Crippen LogP contribution in [0.1, 0.15) is 21.9 Å². The molecular weight excluding hydrogens is 456 g/mol. The minimum atomic E-state index is -0.407. The maximum Gasteiger partial charge on any atom is 0.250 e. The van der Waals surface area contributed by atoms with Crippen molar-refractivity contribution in [3.05, 3.63) is 59.7 Å². The van der Waals surface area contributed by atoms with E-state index in [4.69, 9.17) is 20.2 Å². The van der Waals surface area contributed by atoms with Gasteiger partial charge < -0.3 is 25.0 Å². The number of piperazine rings is 1. The van der Waals surface area contributed by atoms with Gasteiger partial charge in [-0.1, -0.05) is 12.1 Å². The summed E-state index contributed by atoms with van der Waals surface area (Å²) in [5.74, 6) is 1.31. The van der Waals surface area contributed by atoms with Gasteiger partial charge in [-0.05, 0) is 42.4 Å². The lowest BCUT2D eigenvalue weighted by Crippen LogP contribution is -2.45. The third-order valence-corrected chi connectivity index (χ3v) is 7.33. The highest BCUT2D eigenvalue weighted by Crippen LogP contribution is 2.36. The van der Waals surface area contributed by atoms with Crippen molar-refractivity contribution in [1.82, 2.24) is 19.4 Å². The Morgan fingerprint density at radius 1 is 0.972 bits per heavy atom. The fraction of sp³-hybridized carbons (Fsp3) is 0.407. The number of hydrogen-bond donors (Lipinski definition) is 1. The molecule has 0 aliphatic carbocycles. The van der Waals surface area contributed by atoms with Crippen LogP contribution >= 0.6 is 0 Å². The average Bonchev–Trinajstić information content (AvgIpc) is 3.32. The fourth-order valence-corrected chi connectivity index (χ4v) is 5.23. The van der Waals surface area contributed by atoms with Crippen LogP contribution in [0.15, 0.2) is 42.6 Å². The number of nitrogens with zero attached hydrogens (tertiary/aromatic N) is 5. The van der Waals surface area contributed by atoms with Crippen LogP contribution in [0.25, 0.3) is 16.8 Å². The minimum absolute atomic E-state index is 0.407. The number of carbonyl (C=O) groups excluding carboxylic acids is 1. The molecule has 3 aliphatic heterocycles. The molecule has 36 heavy (non-hydrogen) atoms. The second kappa shape index (κ2) is 9.57. The van der Waals surface area contributed by atoms with E-state index in [2.05, 4.69) is 50.7 Å². The summed E-state index contributed by atoms with van der Waals surface area (Å²) in [6, 6.07) is 12.2. The molecule has 0 bridgehead atoms. The van der Waals surface area contributed by atoms with E-state index in [9.17, 15) is 4.79 Å². The number of morpholine rings is 1. The van der Waals surface area contributed by atoms with Gasteiger partial charge in [0.1, 0.15) is 12.4 Å². The molecule has 0 spiro atoms. The number of primary amides is 1. The van der Waals surface area contributed by atoms with Crippen LogP contribution in [0.2, 0.25) is 0 Å². The molecule has 2 saturated heterocycles. The molecule has 6 rings (SSSR count). The lowest BCUT2D eigenvalue weighted by molar-refractivity contribution is 0.0337. The molecule has 2 fully saturated rings. The molecular formula is C27H32N6O3. The zero-order valence-electron chi connectivity index (χ0n) is 20.7. The highest BCUT2D eigenvalue weighted by Gasteiger charge is 2.23. The normalized spacial score (nSPS) is 18.4. The van der Waals surface area contributed by atoms with Gasteiger partial charge in [0.05, 0.1) is 30.2 Å². The van der Waals surface area contributed by atoms with Gasteiger partial charge in [-0.15, -0.1) is 0 Å². The molecule has 0 atom stereocenters. The number of hydrogen-bond acceptors (Lipinski definition) is 7. The Hall–Kier alpha value is -3.40. The van der Waals surface area contributed by atoms with Gasteiger partial charge in [0.15, 0.2) is 5.82 Å². The van der Waals surface area contributed by atoms with Crippen LogP contribution in [0, 0.1) is 0 Å². The summed E-state index contributed by atoms with van der Waals surface area (Å²) in [5, 5.41) is 0. The Balaban J connectivity index is 1.26. The molecule has 0 radical (unpaired) electrons. The van der Waals surface area contributed by atoms with Gasteiger partial charge in [0.2, 0.25) is 0 Å². The van der Waals surface area contributed by atoms with Crippen molar-refractivity contribution in [2.75, 3.05) is 64.4 Å². The van der Waals surface area contributed by atoms with E-state index in [1.165, 1.54) is 0 Å². The quantitative estimate of drug-likeness (QED) is 0.589. The second-order valence-corrected chi connectivity index (χ2v) is 9.76. The Morgan fingerprint density at radius 2 is 1.69 bits per heavy atom. The molecule has 188 valence electrons. The van der Waals surface area contributed by atoms with Crippen molar-refractivity contribution in [3.8, 4) is 22.6 Å². The monoisotopic (exact) mass is 488 g/mol. The molecule has 9 nitrogen and oxygen atoms in total. The summed E-state index contributed by atoms with van der Waals surface area (Å²) in [6.07, 6.45) is 2.11. The van der Waals surface area contributed by atoms with Gasteiger partial charge in [-0.2, -0.15) is 0 Å². The molecule has 9 heteroatoms. The number of likely N-dealkylation sites (N-methyl/N-ethyl adjacent to an activating group) is 1. The minimum Gasteiger partial charge on any atom is -0.483 e. The van der Waals surface area contributed by atoms with Gasteiger partial charge >= 0.3 is 0 Å². The largest absolute Gasteiger partial charge is 0.483 e. The van der Waals surface area contributed by atoms with Gasteiger partial charge in [0, 0.05) is 57.7 Å². The Morgan fingerprint density at radius 3 is 2.44 bits per heavy atom. The van der Waals surface area contributed by atoms with Gasteiger partial charge in [0.25, 0.3) is 5.91 Å². The zero-order chi connectivity index (χ0) is 24.6. The molecule has 3 aromatic rings. The molecule has 4 heterocycles. The number of anilines is 1. The van der Waals surface area contributed by atoms with Crippen molar-refractivity contribution >= 4 is 11.6 Å². The maximum atomic E-state index is 12.4. The fourth-order valence-electron chi connectivity index (χ4n) is 5.23. The predicted octanol–water partition coefficient (Wildman–Crippen LogP) is 2.11. The number of rotatable bonds is 5. The number of carbonyl (C=O) groups is 1. The number of imidazole rings is 1. The van der Waals surface area contributed by atoms with Crippen LogP contribution in [0.3, 0.4) is 0 Å². The van der Waals surface area contributed by atoms with Crippen molar-refractivity contribution < 1.29 is 14.3 Å². The summed E-state index contributed by atoms with van der Waals surface area (Å²) in [6.45, 7) is 8.33. The van der Waals surface area contributed by atoms with Crippen molar-refractivity contribution in [2.24, 2.45) is 5.73 Å². The lowest BCUT2D eigenvalue weighted by atomic mass is 9.99. The Labute approximate surface area is 211 Å². The van der Waals surface area contributed by atoms with Gasteiger partial charge in [-0.3, -0.25) is 14.3 Å². The van der Waals surface area contributed by atoms with Crippen LogP contribution in [-0.4, -0.2) is 84.8 Å². The van der Waals surface area contributed by atoms with Crippen molar-refractivity contribution in [1.29, 1.82) is 0 Å². The topological polar surface area (TPSA) is 89.1 Å². The van der Waals surface area contributed by atoms with Crippen LogP contribution in [0.4, 0.5) is 5.69 Å². The SMILES string of the molecule is CN1CCN(c2ccc(-c3ccc4c(c3)OCc3nc(CN5CCOCC5)cn3-4)cc2C(N)=O)CC1. The predicted molar refractivity (Wildman–Crippen MR) is 138 cm³/mol. The molecule has 3 aliphatic rings. The third-order valence-electron chi connectivity index (χ3n) is 7.33. The van der Waals surface area contributed by atoms with E-state index in [0.29, 0.717) is 12.2 Å². The number of nitrogens with two attached hydrogens (primary N) is 1. The van der Waals surface area contributed by atoms with E-state index in [1.54, 1.807) is 0 Å². The summed E-state index contributed by atoms with van der Waals surface area (Å²) >= 11 is 0. The second-order valence-electron chi connectivity index (χ2n) is 9.76. The standard InChI is InChI=1S/C27H32N6O3/c1-30-6-8-32(9-7-30)23-4-2-19(14-22(23)27(28)34)20-3-5-24-25(15-20)36-18-26-29-21(17-33(24)26)16-31-10-12-35-13-11-31/h2-5,14-15,17H,6-13,16,18H2,1H3,(H2,28,34). The number of benzene rings is 2. The Bertz CT molecular complexity index is 1270. The van der Waals surface area contributed by atoms with Crippen LogP contribution in [0.5, 0.6) is 5.75 Å². The highest BCUT2D eigenvalue weighted by atomic mass is 16.5. The zero-order valence-corrected chi connectivity index (χ0v) is 20.7. The van der Waals surface area contributed by atoms with Crippen molar-refractivity contribution in [2.45, 2.75) is 13.2 Å². The maximum absolute atomic E-state index is 12.4. The van der Waals surface area contributed by atoms with Gasteiger partial charge in [-0.25, -0.2) is 4.98 Å². The van der Waals surface area contributed by atoms with Crippen LogP contribution in [-0.2, 0) is 17.9 Å². The highest BCUT2D eigenvalue weighted by molar-refractivity contribution is 6.00. The molecule has 2 N–H and O–H groups in total. The number of ether oxygens (including phenoxy) is 2. The molecule has 1 amide bonds. The molecule has 1 aromatic heterocycles. The smallest absolute Gasteiger partial charge is 0.250 e. The lowest BCUT2D eigenvalue weighted by Gasteiger charge is -2.35. The van der Waals surface area contributed by atoms with E-state index in [0.717, 1.165) is 98.8 Å². The summed E-state index contributed by atoms with van der Waals surface area (Å²) < 4.78 is 13.7. The Kier molecular flexibility index (Phi) is 6.12. The van der Waals surface area contributed by atoms with Crippen molar-refractivity contribution in [3.63, 3.8) is 0 Å². The third kappa shape index (κ3) is 4.45. The van der Waals surface area contributed by atoms with E-state index in [1.807, 2.05) is 18.2 Å². The number of amides is 1. The van der Waals surface area contributed by atoms with E-state index >= 15 is 0 Å². The number of aromatic nitrogens is 2. The van der Waals surface area contributed by atoms with E-state index < -0.39 is 5.91 Å². The molecule has 0 unspecified atom stereocenters. The van der Waals surface area contributed by atoms with Crippen LogP contribution < -0.4 is 15.4 Å². The summed E-state index contributed by atoms with van der Waals surface area (Å²) in [7, 11) is 2.12. The summed E-state index contributed by atoms with van der Waals surface area (Å²) in [4.78, 5) is 24.1.